The van der Waals surface area contributed by atoms with Crippen LogP contribution < -0.4 is 0 Å². The van der Waals surface area contributed by atoms with E-state index < -0.39 is 0 Å². The topological polar surface area (TPSA) is 33.1 Å². The van der Waals surface area contributed by atoms with Crippen LogP contribution in [0.15, 0.2) is 18.2 Å². The Kier molecular flexibility index (Phi) is 4.08. The van der Waals surface area contributed by atoms with Gasteiger partial charge >= 0.3 is 0 Å². The fraction of sp³-hybridized carbons (Fsp3) is 0.583. The molecule has 78 valence electrons. The van der Waals surface area contributed by atoms with Crippen LogP contribution in [0.25, 0.3) is 0 Å². The summed E-state index contributed by atoms with van der Waals surface area (Å²) in [5.74, 6) is 0.537. The standard InChI is InChI=1S/C12H19NO/c1-9(2)7-12(14)8-11-6-4-5-10(3)13-11/h4-6,9,12,14H,7-8H2,1-3H3. The van der Waals surface area contributed by atoms with E-state index in [9.17, 15) is 5.11 Å². The van der Waals surface area contributed by atoms with Gasteiger partial charge in [-0.1, -0.05) is 19.9 Å². The summed E-state index contributed by atoms with van der Waals surface area (Å²) >= 11 is 0. The third kappa shape index (κ3) is 3.88. The van der Waals surface area contributed by atoms with Crippen molar-refractivity contribution in [1.82, 2.24) is 4.98 Å². The Bertz CT molecular complexity index is 283. The molecule has 14 heavy (non-hydrogen) atoms. The zero-order chi connectivity index (χ0) is 10.6. The van der Waals surface area contributed by atoms with Gasteiger partial charge in [-0.05, 0) is 31.4 Å². The number of aromatic nitrogens is 1. The first-order valence-corrected chi connectivity index (χ1v) is 5.18. The molecule has 0 saturated carbocycles. The molecule has 0 aliphatic heterocycles. The van der Waals surface area contributed by atoms with E-state index in [2.05, 4.69) is 18.8 Å². The van der Waals surface area contributed by atoms with E-state index in [1.165, 1.54) is 0 Å². The van der Waals surface area contributed by atoms with Crippen molar-refractivity contribution < 1.29 is 5.11 Å². The van der Waals surface area contributed by atoms with Crippen LogP contribution >= 0.6 is 0 Å². The Morgan fingerprint density at radius 2 is 2.07 bits per heavy atom. The molecule has 0 aliphatic rings. The van der Waals surface area contributed by atoms with Gasteiger partial charge in [0.1, 0.15) is 0 Å². The zero-order valence-electron chi connectivity index (χ0n) is 9.20. The Balaban J connectivity index is 2.51. The average molecular weight is 193 g/mol. The number of aliphatic hydroxyl groups is 1. The lowest BCUT2D eigenvalue weighted by Gasteiger charge is -2.12. The van der Waals surface area contributed by atoms with Gasteiger partial charge in [-0.2, -0.15) is 0 Å². The third-order valence-electron chi connectivity index (χ3n) is 2.13. The van der Waals surface area contributed by atoms with E-state index in [4.69, 9.17) is 0 Å². The minimum absolute atomic E-state index is 0.260. The highest BCUT2D eigenvalue weighted by Crippen LogP contribution is 2.09. The second kappa shape index (κ2) is 5.11. The van der Waals surface area contributed by atoms with Crippen LogP contribution in [0, 0.1) is 12.8 Å². The highest BCUT2D eigenvalue weighted by Gasteiger charge is 2.08. The second-order valence-corrected chi connectivity index (χ2v) is 4.26. The van der Waals surface area contributed by atoms with Gasteiger partial charge in [-0.25, -0.2) is 0 Å². The number of hydrogen-bond acceptors (Lipinski definition) is 2. The van der Waals surface area contributed by atoms with E-state index in [1.807, 2.05) is 25.1 Å². The second-order valence-electron chi connectivity index (χ2n) is 4.26. The molecule has 1 N–H and O–H groups in total. The van der Waals surface area contributed by atoms with Gasteiger partial charge in [0.15, 0.2) is 0 Å². The summed E-state index contributed by atoms with van der Waals surface area (Å²) < 4.78 is 0. The number of aliphatic hydroxyl groups excluding tert-OH is 1. The van der Waals surface area contributed by atoms with Gasteiger partial charge in [0.25, 0.3) is 0 Å². The van der Waals surface area contributed by atoms with Crippen molar-refractivity contribution >= 4 is 0 Å². The Morgan fingerprint density at radius 3 is 2.64 bits per heavy atom. The number of hydrogen-bond donors (Lipinski definition) is 1. The number of aryl methyl sites for hydroxylation is 1. The SMILES string of the molecule is Cc1cccc(CC(O)CC(C)C)n1. The van der Waals surface area contributed by atoms with E-state index in [-0.39, 0.29) is 6.10 Å². The highest BCUT2D eigenvalue weighted by molar-refractivity contribution is 5.10. The average Bonchev–Trinajstić information content (AvgIpc) is 2.01. The van der Waals surface area contributed by atoms with Crippen LogP contribution in [0.1, 0.15) is 31.7 Å². The van der Waals surface area contributed by atoms with Crippen molar-refractivity contribution in [3.8, 4) is 0 Å². The Labute approximate surface area is 86.0 Å². The zero-order valence-corrected chi connectivity index (χ0v) is 9.20. The van der Waals surface area contributed by atoms with Crippen molar-refractivity contribution in [2.45, 2.75) is 39.7 Å². The Hall–Kier alpha value is -0.890. The van der Waals surface area contributed by atoms with Crippen molar-refractivity contribution in [1.29, 1.82) is 0 Å². The van der Waals surface area contributed by atoms with Crippen LogP contribution in [0.2, 0.25) is 0 Å². The molecule has 0 aliphatic carbocycles. The summed E-state index contributed by atoms with van der Waals surface area (Å²) in [6.45, 7) is 6.21. The van der Waals surface area contributed by atoms with Gasteiger partial charge in [0, 0.05) is 17.8 Å². The van der Waals surface area contributed by atoms with Gasteiger partial charge in [-0.15, -0.1) is 0 Å². The minimum atomic E-state index is -0.260. The van der Waals surface area contributed by atoms with Crippen LogP contribution in [0.3, 0.4) is 0 Å². The maximum absolute atomic E-state index is 9.72. The number of rotatable bonds is 4. The molecule has 0 radical (unpaired) electrons. The van der Waals surface area contributed by atoms with Crippen molar-refractivity contribution in [2.75, 3.05) is 0 Å². The molecule has 0 aromatic carbocycles. The first-order valence-electron chi connectivity index (χ1n) is 5.18. The predicted molar refractivity (Wildman–Crippen MR) is 58.1 cm³/mol. The van der Waals surface area contributed by atoms with Gasteiger partial charge < -0.3 is 5.11 Å². The van der Waals surface area contributed by atoms with E-state index in [0.717, 1.165) is 17.8 Å². The smallest absolute Gasteiger partial charge is 0.0598 e. The van der Waals surface area contributed by atoms with E-state index in [1.54, 1.807) is 0 Å². The fourth-order valence-electron chi connectivity index (χ4n) is 1.58. The molecule has 0 saturated heterocycles. The van der Waals surface area contributed by atoms with Gasteiger partial charge in [0.2, 0.25) is 0 Å². The summed E-state index contributed by atoms with van der Waals surface area (Å²) in [4.78, 5) is 4.36. The lowest BCUT2D eigenvalue weighted by Crippen LogP contribution is -2.14. The summed E-state index contributed by atoms with van der Waals surface area (Å²) in [5, 5.41) is 9.72. The minimum Gasteiger partial charge on any atom is -0.393 e. The lowest BCUT2D eigenvalue weighted by molar-refractivity contribution is 0.148. The summed E-state index contributed by atoms with van der Waals surface area (Å²) in [6, 6.07) is 5.93. The summed E-state index contributed by atoms with van der Waals surface area (Å²) in [7, 11) is 0. The predicted octanol–water partition coefficient (Wildman–Crippen LogP) is 2.34. The Morgan fingerprint density at radius 1 is 1.36 bits per heavy atom. The molecule has 0 bridgehead atoms. The first kappa shape index (κ1) is 11.2. The fourth-order valence-corrected chi connectivity index (χ4v) is 1.58. The van der Waals surface area contributed by atoms with Crippen LogP contribution in [-0.4, -0.2) is 16.2 Å². The van der Waals surface area contributed by atoms with Crippen LogP contribution in [-0.2, 0) is 6.42 Å². The molecule has 0 amide bonds. The van der Waals surface area contributed by atoms with Crippen molar-refractivity contribution in [3.05, 3.63) is 29.6 Å². The molecule has 0 spiro atoms. The largest absolute Gasteiger partial charge is 0.393 e. The molecule has 1 aromatic rings. The molecule has 1 unspecified atom stereocenters. The quantitative estimate of drug-likeness (QED) is 0.796. The monoisotopic (exact) mass is 193 g/mol. The first-order chi connectivity index (χ1) is 6.58. The van der Waals surface area contributed by atoms with Gasteiger partial charge in [0.05, 0.1) is 6.10 Å². The maximum Gasteiger partial charge on any atom is 0.0598 e. The van der Waals surface area contributed by atoms with Crippen LogP contribution in [0.4, 0.5) is 0 Å². The molecule has 1 atom stereocenters. The number of pyridine rings is 1. The molecule has 2 nitrogen and oxygen atoms in total. The summed E-state index contributed by atoms with van der Waals surface area (Å²) in [6.07, 6.45) is 1.25. The van der Waals surface area contributed by atoms with Crippen LogP contribution in [0.5, 0.6) is 0 Å². The van der Waals surface area contributed by atoms with Gasteiger partial charge in [-0.3, -0.25) is 4.98 Å². The van der Waals surface area contributed by atoms with Crippen molar-refractivity contribution in [2.24, 2.45) is 5.92 Å². The molecule has 2 heteroatoms. The molecular formula is C12H19NO. The highest BCUT2D eigenvalue weighted by atomic mass is 16.3. The van der Waals surface area contributed by atoms with E-state index in [0.29, 0.717) is 12.3 Å². The summed E-state index contributed by atoms with van der Waals surface area (Å²) in [5.41, 5.74) is 2.00. The number of nitrogens with zero attached hydrogens (tertiary/aromatic N) is 1. The molecule has 1 aromatic heterocycles. The lowest BCUT2D eigenvalue weighted by atomic mass is 10.0. The third-order valence-corrected chi connectivity index (χ3v) is 2.13. The normalized spacial score (nSPS) is 13.2. The molecular weight excluding hydrogens is 174 g/mol. The van der Waals surface area contributed by atoms with Crippen molar-refractivity contribution in [3.63, 3.8) is 0 Å². The maximum atomic E-state index is 9.72. The molecule has 1 rings (SSSR count). The molecule has 1 heterocycles. The molecule has 0 fully saturated rings. The van der Waals surface area contributed by atoms with E-state index >= 15 is 0 Å².